The summed E-state index contributed by atoms with van der Waals surface area (Å²) < 4.78 is 56.3. The molecule has 35 heavy (non-hydrogen) atoms. The van der Waals surface area contributed by atoms with Crippen molar-refractivity contribution in [1.29, 1.82) is 0 Å². The van der Waals surface area contributed by atoms with Gasteiger partial charge in [-0.25, -0.2) is 27.5 Å². The van der Waals surface area contributed by atoms with Crippen molar-refractivity contribution in [1.82, 2.24) is 19.5 Å². The number of alkyl halides is 2. The topological polar surface area (TPSA) is 111 Å². The molecule has 2 aromatic heterocycles. The lowest BCUT2D eigenvalue weighted by Gasteiger charge is -2.35. The van der Waals surface area contributed by atoms with Gasteiger partial charge in [0.1, 0.15) is 11.3 Å². The molecule has 0 aliphatic heterocycles. The Balaban J connectivity index is 1.51. The third-order valence-corrected chi connectivity index (χ3v) is 6.86. The molecule has 0 atom stereocenters. The Kier molecular flexibility index (Phi) is 5.94. The summed E-state index contributed by atoms with van der Waals surface area (Å²) in [5.41, 5.74) is 6.09. The third-order valence-electron chi connectivity index (χ3n) is 6.56. The second-order valence-corrected chi connectivity index (χ2v) is 9.50. The Morgan fingerprint density at radius 2 is 1.86 bits per heavy atom. The number of nitrogens with zero attached hydrogens (tertiary/aromatic N) is 4. The number of amides is 1. The number of fused-ring (bicyclic) bond motifs is 1. The molecule has 2 saturated carbocycles. The van der Waals surface area contributed by atoms with Crippen molar-refractivity contribution in [2.24, 2.45) is 11.7 Å². The Morgan fingerprint density at radius 1 is 1.14 bits per heavy atom. The number of imidazole rings is 1. The molecule has 0 radical (unpaired) electrons. The Labute approximate surface area is 202 Å². The summed E-state index contributed by atoms with van der Waals surface area (Å²) in [6.45, 7) is 0. The van der Waals surface area contributed by atoms with Gasteiger partial charge in [0.15, 0.2) is 11.5 Å². The maximum Gasteiger partial charge on any atom is 0.252 e. The van der Waals surface area contributed by atoms with Gasteiger partial charge >= 0.3 is 0 Å². The van der Waals surface area contributed by atoms with Gasteiger partial charge in [0.2, 0.25) is 17.8 Å². The number of nitrogens with two attached hydrogens (primary N) is 1. The van der Waals surface area contributed by atoms with Crippen LogP contribution < -0.4 is 16.4 Å². The van der Waals surface area contributed by atoms with Crippen molar-refractivity contribution in [2.45, 2.75) is 56.5 Å². The number of hydrogen-bond acceptors (Lipinski definition) is 6. The quantitative estimate of drug-likeness (QED) is 0.405. The normalized spacial score (nSPS) is 22.1. The summed E-state index contributed by atoms with van der Waals surface area (Å²) >= 11 is 6.07. The molecular formula is C22H22ClF4N7O. The highest BCUT2D eigenvalue weighted by molar-refractivity contribution is 6.33. The molecule has 1 aromatic carbocycles. The zero-order valence-corrected chi connectivity index (χ0v) is 19.1. The van der Waals surface area contributed by atoms with Gasteiger partial charge in [-0.1, -0.05) is 11.6 Å². The van der Waals surface area contributed by atoms with Crippen LogP contribution in [0.5, 0.6) is 0 Å². The van der Waals surface area contributed by atoms with Crippen LogP contribution in [0.15, 0.2) is 18.3 Å². The average Bonchev–Trinajstić information content (AvgIpc) is 3.12. The van der Waals surface area contributed by atoms with E-state index in [1.54, 1.807) is 4.57 Å². The molecule has 3 aromatic rings. The molecule has 4 N–H and O–H groups in total. The number of halogens is 5. The SMILES string of the molecule is NC(=O)[C@H]1CC[C@@H](n2c(Nc3c(F)cc(F)cc3Cl)nc3cnc(NC4CC(F)(F)C4)nc32)CC1. The summed E-state index contributed by atoms with van der Waals surface area (Å²) in [7, 11) is 0. The first-order chi connectivity index (χ1) is 16.6. The number of carbonyl (C=O) groups is 1. The first-order valence-electron chi connectivity index (χ1n) is 11.2. The fourth-order valence-electron chi connectivity index (χ4n) is 4.73. The smallest absolute Gasteiger partial charge is 0.252 e. The molecule has 186 valence electrons. The van der Waals surface area contributed by atoms with Crippen molar-refractivity contribution in [3.05, 3.63) is 35.0 Å². The molecule has 0 saturated heterocycles. The number of primary amides is 1. The van der Waals surface area contributed by atoms with Gasteiger partial charge in [-0.3, -0.25) is 9.36 Å². The molecule has 2 aliphatic rings. The predicted molar refractivity (Wildman–Crippen MR) is 122 cm³/mol. The minimum absolute atomic E-state index is 0.154. The van der Waals surface area contributed by atoms with Gasteiger partial charge in [-0.15, -0.1) is 0 Å². The minimum Gasteiger partial charge on any atom is -0.369 e. The molecular weight excluding hydrogens is 490 g/mol. The summed E-state index contributed by atoms with van der Waals surface area (Å²) in [6, 6.07) is 1.06. The number of benzene rings is 1. The molecule has 5 rings (SSSR count). The minimum atomic E-state index is -2.70. The average molecular weight is 512 g/mol. The summed E-state index contributed by atoms with van der Waals surface area (Å²) in [6.07, 6.45) is 3.10. The third kappa shape index (κ3) is 4.71. The van der Waals surface area contributed by atoms with E-state index in [1.807, 2.05) is 0 Å². The van der Waals surface area contributed by atoms with Crippen LogP contribution in [0.25, 0.3) is 11.2 Å². The highest BCUT2D eigenvalue weighted by atomic mass is 35.5. The molecule has 2 aliphatic carbocycles. The predicted octanol–water partition coefficient (Wildman–Crippen LogP) is 4.93. The number of hydrogen-bond donors (Lipinski definition) is 3. The first kappa shape index (κ1) is 23.6. The highest BCUT2D eigenvalue weighted by Crippen LogP contribution is 2.40. The maximum absolute atomic E-state index is 14.5. The van der Waals surface area contributed by atoms with E-state index < -0.39 is 23.6 Å². The van der Waals surface area contributed by atoms with E-state index in [0.717, 1.165) is 6.07 Å². The van der Waals surface area contributed by atoms with Crippen molar-refractivity contribution in [2.75, 3.05) is 10.6 Å². The van der Waals surface area contributed by atoms with Crippen LogP contribution in [-0.4, -0.2) is 37.4 Å². The largest absolute Gasteiger partial charge is 0.369 e. The number of carbonyl (C=O) groups excluding carboxylic acids is 1. The van der Waals surface area contributed by atoms with Crippen LogP contribution >= 0.6 is 11.6 Å². The van der Waals surface area contributed by atoms with Crippen LogP contribution in [0.3, 0.4) is 0 Å². The van der Waals surface area contributed by atoms with Crippen LogP contribution in [0.1, 0.15) is 44.6 Å². The Morgan fingerprint density at radius 3 is 2.49 bits per heavy atom. The van der Waals surface area contributed by atoms with E-state index in [0.29, 0.717) is 42.9 Å². The fourth-order valence-corrected chi connectivity index (χ4v) is 4.97. The molecule has 2 fully saturated rings. The van der Waals surface area contributed by atoms with E-state index in [9.17, 15) is 22.4 Å². The summed E-state index contributed by atoms with van der Waals surface area (Å²) in [5, 5.41) is 5.59. The van der Waals surface area contributed by atoms with Gasteiger partial charge in [-0.2, -0.15) is 4.98 Å². The number of aromatic nitrogens is 4. The van der Waals surface area contributed by atoms with E-state index in [-0.39, 0.29) is 53.3 Å². The van der Waals surface area contributed by atoms with Crippen molar-refractivity contribution >= 4 is 46.3 Å². The van der Waals surface area contributed by atoms with Gasteiger partial charge in [-0.05, 0) is 31.7 Å². The zero-order chi connectivity index (χ0) is 24.9. The second-order valence-electron chi connectivity index (χ2n) is 9.09. The number of nitrogens with one attached hydrogen (secondary N) is 2. The molecule has 0 bridgehead atoms. The monoisotopic (exact) mass is 511 g/mol. The van der Waals surface area contributed by atoms with Gasteiger partial charge < -0.3 is 16.4 Å². The van der Waals surface area contributed by atoms with Gasteiger partial charge in [0.25, 0.3) is 5.92 Å². The van der Waals surface area contributed by atoms with Crippen molar-refractivity contribution in [3.8, 4) is 0 Å². The van der Waals surface area contributed by atoms with E-state index in [1.165, 1.54) is 6.20 Å². The van der Waals surface area contributed by atoms with E-state index in [2.05, 4.69) is 25.6 Å². The fraction of sp³-hybridized carbons (Fsp3) is 0.455. The highest BCUT2D eigenvalue weighted by Gasteiger charge is 2.45. The van der Waals surface area contributed by atoms with E-state index >= 15 is 0 Å². The molecule has 13 heteroatoms. The lowest BCUT2D eigenvalue weighted by Crippen LogP contribution is -2.44. The van der Waals surface area contributed by atoms with Gasteiger partial charge in [0.05, 0.1) is 16.9 Å². The van der Waals surface area contributed by atoms with Crippen molar-refractivity contribution in [3.63, 3.8) is 0 Å². The van der Waals surface area contributed by atoms with E-state index in [4.69, 9.17) is 17.3 Å². The van der Waals surface area contributed by atoms with Crippen LogP contribution in [0.4, 0.5) is 35.1 Å². The lowest BCUT2D eigenvalue weighted by molar-refractivity contribution is -0.122. The molecule has 2 heterocycles. The lowest BCUT2D eigenvalue weighted by atomic mass is 9.85. The van der Waals surface area contributed by atoms with Crippen LogP contribution in [0.2, 0.25) is 5.02 Å². The van der Waals surface area contributed by atoms with Crippen LogP contribution in [-0.2, 0) is 4.79 Å². The Hall–Kier alpha value is -3.15. The first-order valence-corrected chi connectivity index (χ1v) is 11.6. The van der Waals surface area contributed by atoms with Crippen molar-refractivity contribution < 1.29 is 22.4 Å². The maximum atomic E-state index is 14.5. The molecule has 0 spiro atoms. The molecule has 1 amide bonds. The molecule has 8 nitrogen and oxygen atoms in total. The number of anilines is 3. The summed E-state index contributed by atoms with van der Waals surface area (Å²) in [4.78, 5) is 24.8. The Bertz CT molecular complexity index is 1260. The van der Waals surface area contributed by atoms with Gasteiger partial charge in [0, 0.05) is 36.9 Å². The number of rotatable bonds is 6. The summed E-state index contributed by atoms with van der Waals surface area (Å²) in [5.74, 6) is -4.64. The molecule has 0 unspecified atom stereocenters. The zero-order valence-electron chi connectivity index (χ0n) is 18.4. The second kappa shape index (κ2) is 8.81. The van der Waals surface area contributed by atoms with Crippen LogP contribution in [0, 0.1) is 17.6 Å². The standard InChI is InChI=1S/C22H22ClF4N7O/c23-14-5-11(24)6-15(25)17(14)32-21-31-16-9-29-20(30-12-7-22(26,27)8-12)33-19(16)34(21)13-3-1-10(2-4-13)18(28)35/h5-6,9-10,12-13H,1-4,7-8H2,(H2,28,35)(H,31,32)(H,29,30,33)/t10-,13+.